The van der Waals surface area contributed by atoms with Gasteiger partial charge in [0.1, 0.15) is 11.4 Å². The molecule has 3 heterocycles. The number of pyridine rings is 2. The lowest BCUT2D eigenvalue weighted by molar-refractivity contribution is 0.463. The van der Waals surface area contributed by atoms with E-state index in [0.717, 1.165) is 44.7 Å². The molecular formula is C51H36N4O. The molecule has 0 saturated heterocycles. The van der Waals surface area contributed by atoms with E-state index < -0.39 is 0 Å². The van der Waals surface area contributed by atoms with E-state index >= 15 is 0 Å². The van der Waals surface area contributed by atoms with Gasteiger partial charge in [-0.15, -0.1) is 0 Å². The van der Waals surface area contributed by atoms with Crippen LogP contribution in [0.15, 0.2) is 207 Å². The molecule has 0 N–H and O–H groups in total. The van der Waals surface area contributed by atoms with Crippen molar-refractivity contribution < 1.29 is 4.74 Å². The minimum atomic E-state index is 0.549. The zero-order chi connectivity index (χ0) is 37.3. The fourth-order valence-corrected chi connectivity index (χ4v) is 7.93. The van der Waals surface area contributed by atoms with Gasteiger partial charge in [-0.3, -0.25) is 4.40 Å². The Labute approximate surface area is 325 Å². The number of hydrogen-bond donors (Lipinski definition) is 0. The van der Waals surface area contributed by atoms with Crippen LogP contribution in [0.2, 0.25) is 0 Å². The SMILES string of the molecule is c1ccc(-c2cccc(-c3ccccc3)c2Cc2cnc3c4cc(N(c5ccccc5)c5cccc(Oc6ccccn6)c5)ccc4c4ccccc4n23)cc1. The maximum Gasteiger partial charge on any atom is 0.219 e. The Balaban J connectivity index is 1.15. The molecular weight excluding hydrogens is 685 g/mol. The highest BCUT2D eigenvalue weighted by Crippen LogP contribution is 2.41. The van der Waals surface area contributed by atoms with Crippen molar-refractivity contribution in [3.63, 3.8) is 0 Å². The minimum absolute atomic E-state index is 0.549. The molecule has 3 aromatic heterocycles. The molecule has 0 saturated carbocycles. The molecule has 5 nitrogen and oxygen atoms in total. The lowest BCUT2D eigenvalue weighted by Gasteiger charge is -2.26. The van der Waals surface area contributed by atoms with Crippen molar-refractivity contribution in [2.24, 2.45) is 0 Å². The average Bonchev–Trinajstić information content (AvgIpc) is 3.69. The number of rotatable bonds is 9. The quantitative estimate of drug-likeness (QED) is 0.139. The van der Waals surface area contributed by atoms with Crippen LogP contribution in [0.1, 0.15) is 11.3 Å². The second-order valence-electron chi connectivity index (χ2n) is 13.8. The highest BCUT2D eigenvalue weighted by atomic mass is 16.5. The van der Waals surface area contributed by atoms with Crippen LogP contribution in [-0.4, -0.2) is 14.4 Å². The van der Waals surface area contributed by atoms with Crippen LogP contribution in [0.3, 0.4) is 0 Å². The fraction of sp³-hybridized carbons (Fsp3) is 0.0196. The maximum atomic E-state index is 6.19. The van der Waals surface area contributed by atoms with E-state index in [1.54, 1.807) is 6.20 Å². The van der Waals surface area contributed by atoms with E-state index in [0.29, 0.717) is 18.1 Å². The Kier molecular flexibility index (Phi) is 8.50. The van der Waals surface area contributed by atoms with Gasteiger partial charge in [0.15, 0.2) is 0 Å². The largest absolute Gasteiger partial charge is 0.439 e. The Morgan fingerprint density at radius 3 is 1.86 bits per heavy atom. The first-order valence-electron chi connectivity index (χ1n) is 18.9. The van der Waals surface area contributed by atoms with Gasteiger partial charge in [-0.05, 0) is 81.7 Å². The first-order valence-corrected chi connectivity index (χ1v) is 18.9. The smallest absolute Gasteiger partial charge is 0.219 e. The van der Waals surface area contributed by atoms with Crippen molar-refractivity contribution in [3.05, 3.63) is 218 Å². The number of nitrogens with zero attached hydrogens (tertiary/aromatic N) is 4. The summed E-state index contributed by atoms with van der Waals surface area (Å²) >= 11 is 0. The number of fused-ring (bicyclic) bond motifs is 6. The normalized spacial score (nSPS) is 11.3. The summed E-state index contributed by atoms with van der Waals surface area (Å²) in [6, 6.07) is 67.7. The summed E-state index contributed by atoms with van der Waals surface area (Å²) in [6.07, 6.45) is 4.50. The van der Waals surface area contributed by atoms with Gasteiger partial charge in [-0.2, -0.15) is 0 Å². The topological polar surface area (TPSA) is 42.7 Å². The predicted octanol–water partition coefficient (Wildman–Crippen LogP) is 13.2. The van der Waals surface area contributed by atoms with E-state index in [1.807, 2.05) is 36.4 Å². The summed E-state index contributed by atoms with van der Waals surface area (Å²) in [7, 11) is 0. The molecule has 0 spiro atoms. The first-order chi connectivity index (χ1) is 27.8. The summed E-state index contributed by atoms with van der Waals surface area (Å²) in [5.41, 5.74) is 12.3. The summed E-state index contributed by atoms with van der Waals surface area (Å²) in [5, 5.41) is 3.41. The van der Waals surface area contributed by atoms with Gasteiger partial charge in [0, 0.05) is 64.5 Å². The molecule has 266 valence electrons. The molecule has 0 bridgehead atoms. The number of anilines is 3. The van der Waals surface area contributed by atoms with Gasteiger partial charge >= 0.3 is 0 Å². The molecule has 10 rings (SSSR count). The molecule has 0 amide bonds. The summed E-state index contributed by atoms with van der Waals surface area (Å²) < 4.78 is 8.56. The van der Waals surface area contributed by atoms with Crippen LogP contribution >= 0.6 is 0 Å². The zero-order valence-corrected chi connectivity index (χ0v) is 30.5. The molecule has 0 aliphatic heterocycles. The lowest BCUT2D eigenvalue weighted by Crippen LogP contribution is -2.10. The minimum Gasteiger partial charge on any atom is -0.439 e. The predicted molar refractivity (Wildman–Crippen MR) is 229 cm³/mol. The highest BCUT2D eigenvalue weighted by Gasteiger charge is 2.20. The Morgan fingerprint density at radius 1 is 0.482 bits per heavy atom. The molecule has 7 aromatic carbocycles. The molecule has 0 unspecified atom stereocenters. The second kappa shape index (κ2) is 14.4. The molecule has 0 radical (unpaired) electrons. The monoisotopic (exact) mass is 720 g/mol. The van der Waals surface area contributed by atoms with Gasteiger partial charge in [0.2, 0.25) is 5.88 Å². The Bertz CT molecular complexity index is 2910. The van der Waals surface area contributed by atoms with Gasteiger partial charge in [-0.1, -0.05) is 133 Å². The molecule has 56 heavy (non-hydrogen) atoms. The summed E-state index contributed by atoms with van der Waals surface area (Å²) in [5.74, 6) is 1.26. The zero-order valence-electron chi connectivity index (χ0n) is 30.5. The summed E-state index contributed by atoms with van der Waals surface area (Å²) in [6.45, 7) is 0. The number of imidazole rings is 1. The highest BCUT2D eigenvalue weighted by molar-refractivity contribution is 6.13. The number of ether oxygens (including phenoxy) is 1. The van der Waals surface area contributed by atoms with Crippen LogP contribution in [-0.2, 0) is 6.42 Å². The third kappa shape index (κ3) is 6.11. The molecule has 0 atom stereocenters. The van der Waals surface area contributed by atoms with Gasteiger partial charge < -0.3 is 9.64 Å². The lowest BCUT2D eigenvalue weighted by atomic mass is 9.89. The van der Waals surface area contributed by atoms with Crippen LogP contribution in [0.25, 0.3) is 49.6 Å². The standard InChI is InChI=1S/C51H36N4O/c1-4-16-36(17-5-1)43-25-15-26-44(37-18-6-2-7-19-37)47(43)34-41-35-53-51-48-33-40(29-30-45(48)46-24-10-11-27-49(46)55(41)51)54(38-20-8-3-9-21-38)39-22-14-23-42(32-39)56-50-28-12-13-31-52-50/h1-33,35H,34H2. The number of hydrogen-bond acceptors (Lipinski definition) is 4. The Morgan fingerprint density at radius 2 is 1.12 bits per heavy atom. The molecule has 5 heteroatoms. The average molecular weight is 721 g/mol. The number of benzene rings is 7. The third-order valence-electron chi connectivity index (χ3n) is 10.4. The number of aromatic nitrogens is 3. The van der Waals surface area contributed by atoms with Gasteiger partial charge in [0.05, 0.1) is 5.52 Å². The van der Waals surface area contributed by atoms with Crippen molar-refractivity contribution in [3.8, 4) is 33.9 Å². The molecule has 0 fully saturated rings. The van der Waals surface area contributed by atoms with E-state index in [-0.39, 0.29) is 0 Å². The van der Waals surface area contributed by atoms with Gasteiger partial charge in [0.25, 0.3) is 0 Å². The van der Waals surface area contributed by atoms with Crippen LogP contribution < -0.4 is 9.64 Å². The molecule has 10 aromatic rings. The van der Waals surface area contributed by atoms with Crippen LogP contribution in [0, 0.1) is 0 Å². The third-order valence-corrected chi connectivity index (χ3v) is 10.4. The molecule has 0 aliphatic carbocycles. The van der Waals surface area contributed by atoms with E-state index in [4.69, 9.17) is 9.72 Å². The first kappa shape index (κ1) is 33.1. The van der Waals surface area contributed by atoms with E-state index in [1.165, 1.54) is 33.2 Å². The van der Waals surface area contributed by atoms with E-state index in [9.17, 15) is 0 Å². The van der Waals surface area contributed by atoms with Crippen molar-refractivity contribution >= 4 is 44.4 Å². The van der Waals surface area contributed by atoms with Crippen LogP contribution in [0.4, 0.5) is 17.1 Å². The number of para-hydroxylation sites is 2. The summed E-state index contributed by atoms with van der Waals surface area (Å²) in [4.78, 5) is 11.9. The maximum absolute atomic E-state index is 6.19. The fourth-order valence-electron chi connectivity index (χ4n) is 7.93. The van der Waals surface area contributed by atoms with Crippen LogP contribution in [0.5, 0.6) is 11.6 Å². The van der Waals surface area contributed by atoms with Crippen molar-refractivity contribution in [1.29, 1.82) is 0 Å². The molecule has 0 aliphatic rings. The van der Waals surface area contributed by atoms with Crippen molar-refractivity contribution in [1.82, 2.24) is 14.4 Å². The van der Waals surface area contributed by atoms with Crippen molar-refractivity contribution in [2.45, 2.75) is 6.42 Å². The van der Waals surface area contributed by atoms with Crippen molar-refractivity contribution in [2.75, 3.05) is 4.90 Å². The Hall–Kier alpha value is -7.50. The second-order valence-corrected chi connectivity index (χ2v) is 13.8. The van der Waals surface area contributed by atoms with E-state index in [2.05, 4.69) is 178 Å². The van der Waals surface area contributed by atoms with Gasteiger partial charge in [-0.25, -0.2) is 9.97 Å².